The van der Waals surface area contributed by atoms with E-state index in [1.165, 1.54) is 6.20 Å². The van der Waals surface area contributed by atoms with E-state index in [9.17, 15) is 14.7 Å². The summed E-state index contributed by atoms with van der Waals surface area (Å²) < 4.78 is 22.5. The lowest BCUT2D eigenvalue weighted by Crippen LogP contribution is -2.21. The van der Waals surface area contributed by atoms with Gasteiger partial charge in [0.25, 0.3) is 0 Å². The lowest BCUT2D eigenvalue weighted by Gasteiger charge is -2.19. The quantitative estimate of drug-likeness (QED) is 0.357. The third kappa shape index (κ3) is 3.36. The largest absolute Gasteiger partial charge is 0.489 e. The van der Waals surface area contributed by atoms with E-state index < -0.39 is 28.5 Å². The predicted molar refractivity (Wildman–Crippen MR) is 111 cm³/mol. The van der Waals surface area contributed by atoms with Crippen molar-refractivity contribution < 1.29 is 19.0 Å². The maximum atomic E-state index is 15.1. The Morgan fingerprint density at radius 2 is 2.13 bits per heavy atom. The summed E-state index contributed by atoms with van der Waals surface area (Å²) in [7, 11) is 0. The van der Waals surface area contributed by atoms with Crippen LogP contribution in [-0.2, 0) is 6.54 Å². The standard InChI is InChI=1S/C20H20FN5O4/c21-14-15(22)13-17-19(16(14)25-7-6-24-12-4-1-2-5-23-12)30-9-3-8-26(17)10-11(18(13)27)20(28)29/h1-2,4-5,10,25H,3,6-9,22H2,(H,23,24)(H,28,29). The number of aryl methyl sites for hydroxylation is 1. The zero-order valence-corrected chi connectivity index (χ0v) is 15.9. The Labute approximate surface area is 170 Å². The van der Waals surface area contributed by atoms with Crippen molar-refractivity contribution in [1.82, 2.24) is 9.55 Å². The van der Waals surface area contributed by atoms with Gasteiger partial charge in [-0.15, -0.1) is 0 Å². The average molecular weight is 413 g/mol. The number of carbonyl (C=O) groups is 1. The maximum absolute atomic E-state index is 15.1. The van der Waals surface area contributed by atoms with Gasteiger partial charge in [-0.1, -0.05) is 6.07 Å². The fourth-order valence-corrected chi connectivity index (χ4v) is 3.50. The molecule has 0 aliphatic carbocycles. The van der Waals surface area contributed by atoms with E-state index in [0.29, 0.717) is 37.4 Å². The molecule has 0 spiro atoms. The van der Waals surface area contributed by atoms with Gasteiger partial charge in [0, 0.05) is 32.0 Å². The summed E-state index contributed by atoms with van der Waals surface area (Å²) in [6.45, 7) is 1.47. The highest BCUT2D eigenvalue weighted by atomic mass is 19.1. The second-order valence-electron chi connectivity index (χ2n) is 6.80. The summed E-state index contributed by atoms with van der Waals surface area (Å²) in [4.78, 5) is 28.3. The molecule has 156 valence electrons. The van der Waals surface area contributed by atoms with Gasteiger partial charge in [-0.2, -0.15) is 0 Å². The molecule has 1 aliphatic heterocycles. The molecule has 0 radical (unpaired) electrons. The number of aromatic nitrogens is 2. The van der Waals surface area contributed by atoms with Crippen LogP contribution in [0.1, 0.15) is 16.8 Å². The van der Waals surface area contributed by atoms with Gasteiger partial charge in [0.15, 0.2) is 11.6 Å². The number of nitrogen functional groups attached to an aromatic ring is 1. The number of hydrogen-bond acceptors (Lipinski definition) is 7. The first-order valence-electron chi connectivity index (χ1n) is 9.42. The Hall–Kier alpha value is -3.82. The number of nitrogens with one attached hydrogen (secondary N) is 2. The molecule has 3 heterocycles. The van der Waals surface area contributed by atoms with Crippen molar-refractivity contribution in [1.29, 1.82) is 0 Å². The monoisotopic (exact) mass is 413 g/mol. The smallest absolute Gasteiger partial charge is 0.341 e. The molecule has 5 N–H and O–H groups in total. The van der Waals surface area contributed by atoms with Gasteiger partial charge in [-0.25, -0.2) is 14.2 Å². The first kappa shape index (κ1) is 19.5. The number of hydrogen-bond donors (Lipinski definition) is 4. The molecule has 0 saturated heterocycles. The number of rotatable bonds is 6. The third-order valence-electron chi connectivity index (χ3n) is 4.87. The van der Waals surface area contributed by atoms with E-state index in [1.54, 1.807) is 16.8 Å². The molecule has 0 atom stereocenters. The minimum absolute atomic E-state index is 0.0425. The molecule has 10 heteroatoms. The minimum Gasteiger partial charge on any atom is -0.489 e. The summed E-state index contributed by atoms with van der Waals surface area (Å²) in [5.74, 6) is -1.40. The molecule has 2 aromatic heterocycles. The molecule has 0 bridgehead atoms. The average Bonchev–Trinajstić information content (AvgIpc) is 2.95. The molecule has 0 saturated carbocycles. The minimum atomic E-state index is -1.39. The number of aromatic carboxylic acids is 1. The SMILES string of the molecule is Nc1c(F)c(NCCNc2ccccn2)c2c3c1c(=O)c(C(=O)O)cn3CCCO2. The van der Waals surface area contributed by atoms with Crippen molar-refractivity contribution >= 4 is 34.1 Å². The molecule has 3 aromatic rings. The van der Waals surface area contributed by atoms with E-state index >= 15 is 4.39 Å². The van der Waals surface area contributed by atoms with Crippen molar-refractivity contribution in [2.45, 2.75) is 13.0 Å². The second-order valence-corrected chi connectivity index (χ2v) is 6.80. The number of carboxylic acid groups (broad SMARTS) is 1. The number of pyridine rings is 2. The van der Waals surface area contributed by atoms with E-state index in [0.717, 1.165) is 0 Å². The first-order valence-corrected chi connectivity index (χ1v) is 9.42. The molecule has 1 aromatic carbocycles. The molecular weight excluding hydrogens is 393 g/mol. The molecule has 1 aliphatic rings. The highest BCUT2D eigenvalue weighted by molar-refractivity contribution is 6.03. The van der Waals surface area contributed by atoms with Crippen LogP contribution in [0.3, 0.4) is 0 Å². The van der Waals surface area contributed by atoms with Crippen LogP contribution in [0.5, 0.6) is 5.75 Å². The van der Waals surface area contributed by atoms with Crippen LogP contribution in [0.25, 0.3) is 10.9 Å². The van der Waals surface area contributed by atoms with Crippen molar-refractivity contribution in [3.63, 3.8) is 0 Å². The fraction of sp³-hybridized carbons (Fsp3) is 0.250. The summed E-state index contributed by atoms with van der Waals surface area (Å²) in [6.07, 6.45) is 3.48. The van der Waals surface area contributed by atoms with Gasteiger partial charge in [-0.05, 0) is 18.6 Å². The van der Waals surface area contributed by atoms with Crippen LogP contribution in [0, 0.1) is 5.82 Å². The molecular formula is C20H20FN5O4. The topological polar surface area (TPSA) is 131 Å². The normalized spacial score (nSPS) is 12.8. The number of carboxylic acids is 1. The van der Waals surface area contributed by atoms with Crippen molar-refractivity contribution in [3.05, 3.63) is 52.2 Å². The van der Waals surface area contributed by atoms with E-state index in [4.69, 9.17) is 10.5 Å². The third-order valence-corrected chi connectivity index (χ3v) is 4.87. The van der Waals surface area contributed by atoms with Crippen LogP contribution in [0.15, 0.2) is 35.4 Å². The molecule has 0 fully saturated rings. The predicted octanol–water partition coefficient (Wildman–Crippen LogP) is 2.12. The highest BCUT2D eigenvalue weighted by Gasteiger charge is 2.27. The van der Waals surface area contributed by atoms with Gasteiger partial charge in [-0.3, -0.25) is 4.79 Å². The number of anilines is 3. The summed E-state index contributed by atoms with van der Waals surface area (Å²) in [5, 5.41) is 15.3. The summed E-state index contributed by atoms with van der Waals surface area (Å²) in [5.41, 5.74) is 4.59. The molecule has 0 unspecified atom stereocenters. The van der Waals surface area contributed by atoms with E-state index in [1.807, 2.05) is 12.1 Å². The van der Waals surface area contributed by atoms with E-state index in [-0.39, 0.29) is 23.4 Å². The molecule has 4 rings (SSSR count). The number of ether oxygens (including phenoxy) is 1. The lowest BCUT2D eigenvalue weighted by atomic mass is 10.1. The van der Waals surface area contributed by atoms with Crippen LogP contribution in [-0.4, -0.2) is 40.3 Å². The first-order chi connectivity index (χ1) is 14.5. The molecule has 30 heavy (non-hydrogen) atoms. The second kappa shape index (κ2) is 7.90. The van der Waals surface area contributed by atoms with Crippen LogP contribution in [0.2, 0.25) is 0 Å². The number of nitrogens with two attached hydrogens (primary N) is 1. The van der Waals surface area contributed by atoms with Gasteiger partial charge >= 0.3 is 5.97 Å². The Morgan fingerprint density at radius 1 is 1.33 bits per heavy atom. The highest BCUT2D eigenvalue weighted by Crippen LogP contribution is 2.40. The van der Waals surface area contributed by atoms with Crippen molar-refractivity contribution in [3.8, 4) is 5.75 Å². The molecule has 9 nitrogen and oxygen atoms in total. The van der Waals surface area contributed by atoms with Gasteiger partial charge < -0.3 is 30.8 Å². The number of nitrogens with zero attached hydrogens (tertiary/aromatic N) is 2. The summed E-state index contributed by atoms with van der Waals surface area (Å²) in [6, 6.07) is 5.46. The number of benzene rings is 1. The zero-order chi connectivity index (χ0) is 21.3. The Balaban J connectivity index is 1.74. The van der Waals surface area contributed by atoms with Gasteiger partial charge in [0.2, 0.25) is 5.43 Å². The fourth-order valence-electron chi connectivity index (χ4n) is 3.50. The Kier molecular flexibility index (Phi) is 5.13. The molecule has 0 amide bonds. The van der Waals surface area contributed by atoms with Crippen LogP contribution < -0.4 is 26.5 Å². The van der Waals surface area contributed by atoms with Crippen LogP contribution in [0.4, 0.5) is 21.6 Å². The van der Waals surface area contributed by atoms with Gasteiger partial charge in [0.05, 0.1) is 23.2 Å². The summed E-state index contributed by atoms with van der Waals surface area (Å²) >= 11 is 0. The van der Waals surface area contributed by atoms with Gasteiger partial charge in [0.1, 0.15) is 17.1 Å². The maximum Gasteiger partial charge on any atom is 0.341 e. The zero-order valence-electron chi connectivity index (χ0n) is 15.9. The van der Waals surface area contributed by atoms with Crippen LogP contribution >= 0.6 is 0 Å². The van der Waals surface area contributed by atoms with Crippen molar-refractivity contribution in [2.24, 2.45) is 0 Å². The van der Waals surface area contributed by atoms with Crippen molar-refractivity contribution in [2.75, 3.05) is 36.1 Å². The lowest BCUT2D eigenvalue weighted by molar-refractivity contribution is 0.0695. The Morgan fingerprint density at radius 3 is 2.87 bits per heavy atom. The number of halogens is 1. The Bertz CT molecular complexity index is 1180. The van der Waals surface area contributed by atoms with E-state index in [2.05, 4.69) is 15.6 Å².